The van der Waals surface area contributed by atoms with Gasteiger partial charge in [0.2, 0.25) is 0 Å². The maximum atomic E-state index is 4.90. The number of hydrogen-bond donors (Lipinski definition) is 0. The largest absolute Gasteiger partial charge is 0.268 e. The molecular weight excluding hydrogens is 98.1 g/mol. The van der Waals surface area contributed by atoms with E-state index in [0.29, 0.717) is 0 Å². The van der Waals surface area contributed by atoms with Gasteiger partial charge in [-0.15, -0.1) is 6.42 Å². The lowest BCUT2D eigenvalue weighted by Crippen LogP contribution is -1.61. The van der Waals surface area contributed by atoms with Gasteiger partial charge in [-0.1, -0.05) is 12.8 Å². The molecule has 0 fully saturated rings. The van der Waals surface area contributed by atoms with E-state index in [9.17, 15) is 0 Å². The van der Waals surface area contributed by atoms with Crippen molar-refractivity contribution in [1.29, 1.82) is 0 Å². The van der Waals surface area contributed by atoms with Crippen LogP contribution in [0.3, 0.4) is 0 Å². The molecule has 0 bridgehead atoms. The summed E-state index contributed by atoms with van der Waals surface area (Å²) in [5, 5.41) is 0. The molecule has 42 valence electrons. The highest BCUT2D eigenvalue weighted by Gasteiger charge is 1.59. The van der Waals surface area contributed by atoms with Crippen molar-refractivity contribution in [3.05, 3.63) is 12.3 Å². The zero-order chi connectivity index (χ0) is 6.24. The van der Waals surface area contributed by atoms with E-state index in [1.807, 2.05) is 6.92 Å². The molecule has 0 N–H and O–H groups in total. The van der Waals surface area contributed by atoms with Crippen LogP contribution < -0.4 is 0 Å². The molecule has 0 rings (SSSR count). The summed E-state index contributed by atoms with van der Waals surface area (Å²) in [4.78, 5) is 3.83. The van der Waals surface area contributed by atoms with Gasteiger partial charge in [-0.3, -0.25) is 4.99 Å². The molecular formula is C7H9N. The van der Waals surface area contributed by atoms with Crippen LogP contribution in [0.2, 0.25) is 0 Å². The van der Waals surface area contributed by atoms with Crippen LogP contribution in [0.15, 0.2) is 17.3 Å². The molecule has 0 saturated heterocycles. The fraction of sp³-hybridized carbons (Fsp3) is 0.286. The lowest BCUT2D eigenvalue weighted by Gasteiger charge is -1.71. The van der Waals surface area contributed by atoms with Gasteiger partial charge in [0, 0.05) is 18.5 Å². The number of aliphatic imine (C=N–C) groups is 1. The topological polar surface area (TPSA) is 12.4 Å². The second kappa shape index (κ2) is 5.97. The van der Waals surface area contributed by atoms with Crippen molar-refractivity contribution in [1.82, 2.24) is 0 Å². The molecule has 0 atom stereocenters. The third-order valence-corrected chi connectivity index (χ3v) is 0.545. The van der Waals surface area contributed by atoms with Gasteiger partial charge in [0.25, 0.3) is 0 Å². The highest BCUT2D eigenvalue weighted by Crippen LogP contribution is 1.72. The number of terminal acetylenes is 1. The van der Waals surface area contributed by atoms with E-state index in [2.05, 4.69) is 10.9 Å². The Morgan fingerprint density at radius 3 is 3.00 bits per heavy atom. The predicted molar refractivity (Wildman–Crippen MR) is 36.8 cm³/mol. The number of allylic oxidation sites excluding steroid dienone is 1. The lowest BCUT2D eigenvalue weighted by molar-refractivity contribution is 1.31. The van der Waals surface area contributed by atoms with E-state index in [1.54, 1.807) is 18.5 Å². The van der Waals surface area contributed by atoms with Crippen molar-refractivity contribution < 1.29 is 0 Å². The van der Waals surface area contributed by atoms with Crippen molar-refractivity contribution in [2.24, 2.45) is 4.99 Å². The number of rotatable bonds is 2. The smallest absolute Gasteiger partial charge is 0.0347 e. The highest BCUT2D eigenvalue weighted by atomic mass is 14.7. The molecule has 0 aromatic heterocycles. The summed E-state index contributed by atoms with van der Waals surface area (Å²) in [6.07, 6.45) is 10.8. The zero-order valence-corrected chi connectivity index (χ0v) is 4.96. The Kier molecular flexibility index (Phi) is 5.20. The van der Waals surface area contributed by atoms with Crippen LogP contribution in [0.5, 0.6) is 0 Å². The van der Waals surface area contributed by atoms with Crippen molar-refractivity contribution >= 4 is 6.21 Å². The predicted octanol–water partition coefficient (Wildman–Crippen LogP) is 1.61. The van der Waals surface area contributed by atoms with Gasteiger partial charge >= 0.3 is 0 Å². The summed E-state index contributed by atoms with van der Waals surface area (Å²) in [6.45, 7) is 2.02. The average molecular weight is 107 g/mol. The van der Waals surface area contributed by atoms with Crippen molar-refractivity contribution in [3.63, 3.8) is 0 Å². The van der Waals surface area contributed by atoms with E-state index < -0.39 is 0 Å². The highest BCUT2D eigenvalue weighted by molar-refractivity contribution is 5.57. The molecule has 0 aromatic rings. The first kappa shape index (κ1) is 6.97. The Morgan fingerprint density at radius 2 is 2.50 bits per heavy atom. The van der Waals surface area contributed by atoms with Crippen LogP contribution in [0, 0.1) is 12.3 Å². The number of nitrogens with zero attached hydrogens (tertiary/aromatic N) is 1. The van der Waals surface area contributed by atoms with Gasteiger partial charge < -0.3 is 0 Å². The summed E-state index contributed by atoms with van der Waals surface area (Å²) in [5.41, 5.74) is 0. The molecule has 0 aliphatic carbocycles. The van der Waals surface area contributed by atoms with Gasteiger partial charge in [0.1, 0.15) is 0 Å². The molecule has 0 unspecified atom stereocenters. The van der Waals surface area contributed by atoms with Crippen molar-refractivity contribution in [3.8, 4) is 12.3 Å². The first-order chi connectivity index (χ1) is 3.91. The average Bonchev–Trinajstić information content (AvgIpc) is 1.81. The first-order valence-electron chi connectivity index (χ1n) is 2.54. The molecule has 0 spiro atoms. The molecule has 0 radical (unpaired) electrons. The summed E-state index contributed by atoms with van der Waals surface area (Å²) >= 11 is 0. The third-order valence-electron chi connectivity index (χ3n) is 0.545. The molecule has 0 aromatic carbocycles. The van der Waals surface area contributed by atoms with Crippen LogP contribution in [0.25, 0.3) is 0 Å². The number of hydrogen-bond acceptors (Lipinski definition) is 1. The van der Waals surface area contributed by atoms with Gasteiger partial charge in [-0.25, -0.2) is 0 Å². The van der Waals surface area contributed by atoms with Gasteiger partial charge in [-0.05, 0) is 6.42 Å². The fourth-order valence-corrected chi connectivity index (χ4v) is 0.252. The van der Waals surface area contributed by atoms with Crippen molar-refractivity contribution in [2.75, 3.05) is 0 Å². The Balaban J connectivity index is 3.31. The van der Waals surface area contributed by atoms with Gasteiger partial charge in [0.05, 0.1) is 0 Å². The third kappa shape index (κ3) is 4.97. The van der Waals surface area contributed by atoms with Crippen LogP contribution in [-0.4, -0.2) is 6.21 Å². The second-order valence-electron chi connectivity index (χ2n) is 1.22. The Labute approximate surface area is 50.1 Å². The van der Waals surface area contributed by atoms with E-state index >= 15 is 0 Å². The van der Waals surface area contributed by atoms with Crippen molar-refractivity contribution in [2.45, 2.75) is 13.3 Å². The minimum absolute atomic E-state index is 0.953. The molecule has 0 amide bonds. The zero-order valence-electron chi connectivity index (χ0n) is 4.96. The Hall–Kier alpha value is -1.03. The summed E-state index contributed by atoms with van der Waals surface area (Å²) in [5.74, 6) is 2.33. The molecule has 8 heavy (non-hydrogen) atoms. The normalized spacial score (nSPS) is 10.5. The standard InChI is InChI=1S/C7H9N/c1-3-5-7-8-6-4-2/h1,5-7H,4H2,2H3/b7-5-,8-6?. The fourth-order valence-electron chi connectivity index (χ4n) is 0.252. The maximum absolute atomic E-state index is 4.90. The van der Waals surface area contributed by atoms with E-state index in [0.717, 1.165) is 6.42 Å². The van der Waals surface area contributed by atoms with Crippen LogP contribution in [0.4, 0.5) is 0 Å². The molecule has 0 aliphatic heterocycles. The van der Waals surface area contributed by atoms with E-state index in [-0.39, 0.29) is 0 Å². The monoisotopic (exact) mass is 107 g/mol. The van der Waals surface area contributed by atoms with Gasteiger partial charge in [0.15, 0.2) is 0 Å². The van der Waals surface area contributed by atoms with Crippen LogP contribution >= 0.6 is 0 Å². The lowest BCUT2D eigenvalue weighted by atomic mass is 10.5. The van der Waals surface area contributed by atoms with Crippen LogP contribution in [0.1, 0.15) is 13.3 Å². The summed E-state index contributed by atoms with van der Waals surface area (Å²) < 4.78 is 0. The SMILES string of the molecule is C#C/C=C\N=CCC. The van der Waals surface area contributed by atoms with E-state index in [1.165, 1.54) is 0 Å². The molecule has 1 heteroatoms. The molecule has 0 heterocycles. The molecule has 0 saturated carbocycles. The van der Waals surface area contributed by atoms with E-state index in [4.69, 9.17) is 6.42 Å². The second-order valence-corrected chi connectivity index (χ2v) is 1.22. The maximum Gasteiger partial charge on any atom is 0.0347 e. The minimum Gasteiger partial charge on any atom is -0.268 e. The minimum atomic E-state index is 0.953. The Morgan fingerprint density at radius 1 is 1.75 bits per heavy atom. The quantitative estimate of drug-likeness (QED) is 0.375. The van der Waals surface area contributed by atoms with Gasteiger partial charge in [-0.2, -0.15) is 0 Å². The first-order valence-corrected chi connectivity index (χ1v) is 2.54. The molecule has 1 nitrogen and oxygen atoms in total. The Bertz CT molecular complexity index is 126. The summed E-state index contributed by atoms with van der Waals surface area (Å²) in [6, 6.07) is 0. The summed E-state index contributed by atoms with van der Waals surface area (Å²) in [7, 11) is 0. The van der Waals surface area contributed by atoms with Crippen LogP contribution in [-0.2, 0) is 0 Å². The molecule has 0 aliphatic rings.